The van der Waals surface area contributed by atoms with E-state index in [0.29, 0.717) is 6.54 Å². The van der Waals surface area contributed by atoms with Crippen LogP contribution in [0.2, 0.25) is 0 Å². The van der Waals surface area contributed by atoms with Crippen molar-refractivity contribution in [2.45, 2.75) is 133 Å². The van der Waals surface area contributed by atoms with Gasteiger partial charge in [0.15, 0.2) is 0 Å². The normalized spacial score (nSPS) is 13.6. The maximum atomic E-state index is 12.2. The molecule has 0 aromatic carbocycles. The Morgan fingerprint density at radius 3 is 1.79 bits per heavy atom. The SMILES string of the molecule is CCCCCCCCCCCCCCCCCCNC(=O)[C@H](O)[C@H](C)NS(=O)(=O)c1cccs1. The number of amides is 1. The summed E-state index contributed by atoms with van der Waals surface area (Å²) >= 11 is 1.09. The van der Waals surface area contributed by atoms with Crippen LogP contribution in [0.4, 0.5) is 0 Å². The molecule has 0 unspecified atom stereocenters. The second kappa shape index (κ2) is 19.3. The molecule has 3 N–H and O–H groups in total. The van der Waals surface area contributed by atoms with Gasteiger partial charge in [-0.1, -0.05) is 109 Å². The lowest BCUT2D eigenvalue weighted by Crippen LogP contribution is -2.49. The summed E-state index contributed by atoms with van der Waals surface area (Å²) in [5.74, 6) is -0.540. The van der Waals surface area contributed by atoms with Crippen molar-refractivity contribution < 1.29 is 18.3 Å². The molecule has 1 aromatic heterocycles. The summed E-state index contributed by atoms with van der Waals surface area (Å²) in [4.78, 5) is 12.1. The molecule has 0 aliphatic rings. The zero-order chi connectivity index (χ0) is 25.1. The fourth-order valence-corrected chi connectivity index (χ4v) is 6.26. The zero-order valence-electron chi connectivity index (χ0n) is 21.4. The average molecular weight is 517 g/mol. The molecule has 0 saturated heterocycles. The van der Waals surface area contributed by atoms with Crippen molar-refractivity contribution in [3.8, 4) is 0 Å². The Kier molecular flexibility index (Phi) is 17.6. The first-order valence-corrected chi connectivity index (χ1v) is 15.8. The molecule has 2 atom stereocenters. The third kappa shape index (κ3) is 14.4. The van der Waals surface area contributed by atoms with E-state index >= 15 is 0 Å². The van der Waals surface area contributed by atoms with E-state index < -0.39 is 28.1 Å². The fourth-order valence-electron chi connectivity index (χ4n) is 4.00. The molecule has 0 spiro atoms. The Morgan fingerprint density at radius 1 is 0.882 bits per heavy atom. The van der Waals surface area contributed by atoms with E-state index in [4.69, 9.17) is 0 Å². The minimum atomic E-state index is -3.72. The number of hydrogen-bond donors (Lipinski definition) is 3. The number of thiophene rings is 1. The topological polar surface area (TPSA) is 95.5 Å². The molecule has 1 heterocycles. The molecule has 1 amide bonds. The van der Waals surface area contributed by atoms with Gasteiger partial charge < -0.3 is 10.4 Å². The molecule has 198 valence electrons. The number of sulfonamides is 1. The number of rotatable bonds is 22. The molecule has 1 aromatic rings. The summed E-state index contributed by atoms with van der Waals surface area (Å²) in [5, 5.41) is 14.5. The highest BCUT2D eigenvalue weighted by atomic mass is 32.2. The van der Waals surface area contributed by atoms with Gasteiger partial charge in [-0.05, 0) is 24.8 Å². The van der Waals surface area contributed by atoms with Crippen molar-refractivity contribution in [3.05, 3.63) is 17.5 Å². The largest absolute Gasteiger partial charge is 0.382 e. The van der Waals surface area contributed by atoms with E-state index in [1.807, 2.05) is 0 Å². The van der Waals surface area contributed by atoms with Gasteiger partial charge >= 0.3 is 0 Å². The number of hydrogen-bond acceptors (Lipinski definition) is 5. The highest BCUT2D eigenvalue weighted by Crippen LogP contribution is 2.16. The summed E-state index contributed by atoms with van der Waals surface area (Å²) in [6.45, 7) is 4.25. The zero-order valence-corrected chi connectivity index (χ0v) is 23.0. The molecule has 6 nitrogen and oxygen atoms in total. The summed E-state index contributed by atoms with van der Waals surface area (Å²) in [6.07, 6.45) is 19.3. The van der Waals surface area contributed by atoms with E-state index in [-0.39, 0.29) is 4.21 Å². The summed E-state index contributed by atoms with van der Waals surface area (Å²) in [6, 6.07) is 2.23. The van der Waals surface area contributed by atoms with Crippen LogP contribution in [0, 0.1) is 0 Å². The first-order chi connectivity index (χ1) is 16.4. The Balaban J connectivity index is 1.94. The molecule has 0 aliphatic carbocycles. The lowest BCUT2D eigenvalue weighted by molar-refractivity contribution is -0.130. The van der Waals surface area contributed by atoms with Crippen LogP contribution in [-0.4, -0.2) is 38.1 Å². The van der Waals surface area contributed by atoms with Gasteiger partial charge in [0.2, 0.25) is 10.0 Å². The first-order valence-electron chi connectivity index (χ1n) is 13.4. The van der Waals surface area contributed by atoms with E-state index in [1.54, 1.807) is 11.4 Å². The van der Waals surface area contributed by atoms with Crippen molar-refractivity contribution in [1.82, 2.24) is 10.0 Å². The van der Waals surface area contributed by atoms with Crippen molar-refractivity contribution in [1.29, 1.82) is 0 Å². The van der Waals surface area contributed by atoms with Crippen LogP contribution in [0.15, 0.2) is 21.7 Å². The monoisotopic (exact) mass is 516 g/mol. The fraction of sp³-hybridized carbons (Fsp3) is 0.808. The number of unbranched alkanes of at least 4 members (excludes halogenated alkanes) is 15. The summed E-state index contributed by atoms with van der Waals surface area (Å²) in [7, 11) is -3.72. The molecule has 0 aliphatic heterocycles. The molecule has 0 saturated carbocycles. The Labute approximate surface area is 212 Å². The van der Waals surface area contributed by atoms with E-state index in [9.17, 15) is 18.3 Å². The second-order valence-corrected chi connectivity index (χ2v) is 12.3. The smallest absolute Gasteiger partial charge is 0.250 e. The third-order valence-electron chi connectivity index (χ3n) is 6.17. The Morgan fingerprint density at radius 2 is 1.35 bits per heavy atom. The molecule has 34 heavy (non-hydrogen) atoms. The van der Waals surface area contributed by atoms with Gasteiger partial charge in [-0.15, -0.1) is 11.3 Å². The lowest BCUT2D eigenvalue weighted by Gasteiger charge is -2.19. The van der Waals surface area contributed by atoms with Gasteiger partial charge in [-0.2, -0.15) is 0 Å². The molecule has 1 rings (SSSR count). The van der Waals surface area contributed by atoms with Gasteiger partial charge in [0.25, 0.3) is 5.91 Å². The Bertz CT molecular complexity index is 723. The standard InChI is InChI=1S/C26H48N2O4S2/c1-3-4-5-6-7-8-9-10-11-12-13-14-15-16-17-18-21-27-26(30)25(29)23(2)28-34(31,32)24-20-19-22-33-24/h19-20,22-23,25,28-29H,3-18,21H2,1-2H3,(H,27,30)/t23-,25+/m0/s1. The molecule has 8 heteroatoms. The van der Waals surface area contributed by atoms with Crippen molar-refractivity contribution >= 4 is 27.3 Å². The van der Waals surface area contributed by atoms with Gasteiger partial charge in [-0.25, -0.2) is 13.1 Å². The first kappa shape index (κ1) is 31.1. The average Bonchev–Trinajstić information content (AvgIpc) is 3.36. The predicted molar refractivity (Wildman–Crippen MR) is 143 cm³/mol. The van der Waals surface area contributed by atoms with Crippen LogP contribution in [0.25, 0.3) is 0 Å². The van der Waals surface area contributed by atoms with Crippen LogP contribution < -0.4 is 10.0 Å². The quantitative estimate of drug-likeness (QED) is 0.161. The minimum absolute atomic E-state index is 0.167. The van der Waals surface area contributed by atoms with Crippen molar-refractivity contribution in [2.75, 3.05) is 6.54 Å². The highest BCUT2D eigenvalue weighted by molar-refractivity contribution is 7.91. The number of aliphatic hydroxyl groups is 1. The number of nitrogens with one attached hydrogen (secondary N) is 2. The van der Waals surface area contributed by atoms with Crippen molar-refractivity contribution in [3.63, 3.8) is 0 Å². The van der Waals surface area contributed by atoms with E-state index in [0.717, 1.165) is 30.6 Å². The third-order valence-corrected chi connectivity index (χ3v) is 9.13. The summed E-state index contributed by atoms with van der Waals surface area (Å²) in [5.41, 5.74) is 0. The van der Waals surface area contributed by atoms with Crippen LogP contribution in [0.1, 0.15) is 117 Å². The molecule has 0 radical (unpaired) electrons. The van der Waals surface area contributed by atoms with Gasteiger partial charge in [0, 0.05) is 6.54 Å². The summed E-state index contributed by atoms with van der Waals surface area (Å²) < 4.78 is 27.0. The van der Waals surface area contributed by atoms with E-state index in [2.05, 4.69) is 17.0 Å². The van der Waals surface area contributed by atoms with Crippen molar-refractivity contribution in [2.24, 2.45) is 0 Å². The van der Waals surface area contributed by atoms with E-state index in [1.165, 1.54) is 96.5 Å². The second-order valence-electron chi connectivity index (χ2n) is 9.38. The number of carbonyl (C=O) groups is 1. The van der Waals surface area contributed by atoms with Crippen LogP contribution in [0.3, 0.4) is 0 Å². The molecular formula is C26H48N2O4S2. The molecule has 0 bridgehead atoms. The maximum Gasteiger partial charge on any atom is 0.250 e. The van der Waals surface area contributed by atoms with Crippen LogP contribution in [-0.2, 0) is 14.8 Å². The van der Waals surface area contributed by atoms with Crippen LogP contribution in [0.5, 0.6) is 0 Å². The predicted octanol–water partition coefficient (Wildman–Crippen LogP) is 6.15. The van der Waals surface area contributed by atoms with Gasteiger partial charge in [-0.3, -0.25) is 4.79 Å². The number of aliphatic hydroxyl groups excluding tert-OH is 1. The Hall–Kier alpha value is -0.960. The van der Waals surface area contributed by atoms with Gasteiger partial charge in [0.1, 0.15) is 10.3 Å². The van der Waals surface area contributed by atoms with Crippen LogP contribution >= 0.6 is 11.3 Å². The number of carbonyl (C=O) groups excluding carboxylic acids is 1. The highest BCUT2D eigenvalue weighted by Gasteiger charge is 2.27. The molecule has 0 fully saturated rings. The molecular weight excluding hydrogens is 468 g/mol. The maximum absolute atomic E-state index is 12.2. The lowest BCUT2D eigenvalue weighted by atomic mass is 10.0. The van der Waals surface area contributed by atoms with Gasteiger partial charge in [0.05, 0.1) is 6.04 Å². The minimum Gasteiger partial charge on any atom is -0.382 e.